The van der Waals surface area contributed by atoms with Gasteiger partial charge in [0.15, 0.2) is 0 Å². The largest absolute Gasteiger partial charge is 0.416 e. The van der Waals surface area contributed by atoms with Crippen LogP contribution in [0.2, 0.25) is 0 Å². The molecular formula is C38H47F6N5O. The van der Waals surface area contributed by atoms with Crippen molar-refractivity contribution in [2.45, 2.75) is 77.6 Å². The van der Waals surface area contributed by atoms with Crippen molar-refractivity contribution in [2.24, 2.45) is 22.4 Å². The highest BCUT2D eigenvalue weighted by Gasteiger charge is 2.31. The van der Waals surface area contributed by atoms with Crippen molar-refractivity contribution in [1.82, 2.24) is 10.6 Å². The Balaban J connectivity index is 0.000000377. The molecule has 2 aromatic carbocycles. The summed E-state index contributed by atoms with van der Waals surface area (Å²) in [6.07, 6.45) is 6.50. The fourth-order valence-corrected chi connectivity index (χ4v) is 5.23. The maximum absolute atomic E-state index is 13.0. The lowest BCUT2D eigenvalue weighted by atomic mass is 9.85. The number of nitrogens with two attached hydrogens (primary N) is 2. The van der Waals surface area contributed by atoms with Crippen molar-refractivity contribution in [3.63, 3.8) is 0 Å². The molecule has 0 heterocycles. The van der Waals surface area contributed by atoms with Gasteiger partial charge in [0.25, 0.3) is 0 Å². The van der Waals surface area contributed by atoms with Gasteiger partial charge in [0.1, 0.15) is 5.82 Å². The van der Waals surface area contributed by atoms with E-state index in [4.69, 9.17) is 11.5 Å². The SMILES string of the molecule is C=C(Cc1cccc(C(F)(F)F)c1)NC(/C=C\C(=NC)C1CCCCC1)=C(/C)CC.N/C=C\C=C(/N)NC(=O)Cc1cccc(C(F)(F)F)c1. The van der Waals surface area contributed by atoms with Crippen molar-refractivity contribution in [3.05, 3.63) is 131 Å². The van der Waals surface area contributed by atoms with E-state index >= 15 is 0 Å². The Labute approximate surface area is 290 Å². The van der Waals surface area contributed by atoms with Crippen LogP contribution in [-0.2, 0) is 30.0 Å². The number of aliphatic imine (C=N–C) groups is 1. The van der Waals surface area contributed by atoms with Crippen molar-refractivity contribution in [3.8, 4) is 0 Å². The minimum atomic E-state index is -4.43. The normalized spacial score (nSPS) is 15.4. The van der Waals surface area contributed by atoms with Gasteiger partial charge in [-0.05, 0) is 79.9 Å². The first-order chi connectivity index (χ1) is 23.6. The monoisotopic (exact) mass is 703 g/mol. The highest BCUT2D eigenvalue weighted by atomic mass is 19.4. The molecule has 0 saturated heterocycles. The zero-order valence-electron chi connectivity index (χ0n) is 28.7. The molecule has 272 valence electrons. The second-order valence-electron chi connectivity index (χ2n) is 11.9. The Morgan fingerprint density at radius 1 is 0.920 bits per heavy atom. The summed E-state index contributed by atoms with van der Waals surface area (Å²) in [7, 11) is 1.84. The van der Waals surface area contributed by atoms with E-state index in [1.807, 2.05) is 20.0 Å². The standard InChI is InChI=1S/C25H33F3N2.C13H14F3N3O/c1-5-18(2)23(14-15-24(29-4)21-11-7-6-8-12-21)30-19(3)16-20-10-9-13-22(17-20)25(26,27)28;14-13(15,16)10-4-1-3-9(7-10)8-12(20)19-11(18)5-2-6-17/h9-10,13-15,17,21,30H,3,5-8,11-12,16H2,1-2,4H3;1-7H,8,17-18H2,(H,19,20)/b15-14-,23-18-,29-24?;6-2-,11-5+. The average molecular weight is 704 g/mol. The number of carbonyl (C=O) groups excluding carboxylic acids is 1. The summed E-state index contributed by atoms with van der Waals surface area (Å²) in [5.41, 5.74) is 13.8. The van der Waals surface area contributed by atoms with Gasteiger partial charge in [-0.1, -0.05) is 74.7 Å². The van der Waals surface area contributed by atoms with Crippen LogP contribution in [0.5, 0.6) is 0 Å². The van der Waals surface area contributed by atoms with E-state index in [0.29, 0.717) is 23.6 Å². The van der Waals surface area contributed by atoms with E-state index in [9.17, 15) is 31.1 Å². The first kappa shape index (κ1) is 41.4. The maximum Gasteiger partial charge on any atom is 0.416 e. The third-order valence-corrected chi connectivity index (χ3v) is 7.97. The quantitative estimate of drug-likeness (QED) is 0.101. The third kappa shape index (κ3) is 14.8. The van der Waals surface area contributed by atoms with E-state index in [1.54, 1.807) is 6.07 Å². The number of amides is 1. The van der Waals surface area contributed by atoms with Crippen LogP contribution in [0.25, 0.3) is 0 Å². The third-order valence-electron chi connectivity index (χ3n) is 7.97. The Morgan fingerprint density at radius 3 is 1.98 bits per heavy atom. The number of hydrogen-bond acceptors (Lipinski definition) is 5. The van der Waals surface area contributed by atoms with E-state index in [2.05, 4.69) is 35.2 Å². The lowest BCUT2D eigenvalue weighted by molar-refractivity contribution is -0.138. The Hall–Kier alpha value is -4.74. The van der Waals surface area contributed by atoms with Crippen LogP contribution in [0.1, 0.15) is 74.6 Å². The van der Waals surface area contributed by atoms with Crippen LogP contribution < -0.4 is 22.1 Å². The van der Waals surface area contributed by atoms with Gasteiger partial charge in [0, 0.05) is 36.5 Å². The fourth-order valence-electron chi connectivity index (χ4n) is 5.23. The predicted molar refractivity (Wildman–Crippen MR) is 188 cm³/mol. The van der Waals surface area contributed by atoms with Gasteiger partial charge < -0.3 is 22.1 Å². The molecule has 0 aliphatic heterocycles. The number of carbonyl (C=O) groups is 1. The number of alkyl halides is 6. The molecular weight excluding hydrogens is 656 g/mol. The number of nitrogens with zero attached hydrogens (tertiary/aromatic N) is 1. The summed E-state index contributed by atoms with van der Waals surface area (Å²) in [4.78, 5) is 16.1. The summed E-state index contributed by atoms with van der Waals surface area (Å²) in [5, 5.41) is 5.65. The molecule has 0 unspecified atom stereocenters. The lowest BCUT2D eigenvalue weighted by Gasteiger charge is -2.22. The van der Waals surface area contributed by atoms with E-state index in [-0.39, 0.29) is 17.8 Å². The first-order valence-corrected chi connectivity index (χ1v) is 16.3. The fraction of sp³-hybridized carbons (Fsp3) is 0.368. The molecule has 0 spiro atoms. The molecule has 6 nitrogen and oxygen atoms in total. The Bertz CT molecular complexity index is 1580. The lowest BCUT2D eigenvalue weighted by Crippen LogP contribution is -2.28. The number of benzene rings is 2. The highest BCUT2D eigenvalue weighted by Crippen LogP contribution is 2.31. The van der Waals surface area contributed by atoms with Gasteiger partial charge >= 0.3 is 12.4 Å². The number of nitrogens with one attached hydrogen (secondary N) is 2. The number of rotatable bonds is 12. The van der Waals surface area contributed by atoms with Crippen molar-refractivity contribution in [2.75, 3.05) is 7.05 Å². The predicted octanol–water partition coefficient (Wildman–Crippen LogP) is 8.88. The van der Waals surface area contributed by atoms with Gasteiger partial charge in [-0.15, -0.1) is 0 Å². The Kier molecular flexibility index (Phi) is 16.6. The van der Waals surface area contributed by atoms with E-state index in [0.717, 1.165) is 41.6 Å². The van der Waals surface area contributed by atoms with Gasteiger partial charge in [-0.2, -0.15) is 26.3 Å². The van der Waals surface area contributed by atoms with Crippen molar-refractivity contribution >= 4 is 11.6 Å². The van der Waals surface area contributed by atoms with Gasteiger partial charge in [0.2, 0.25) is 5.91 Å². The van der Waals surface area contributed by atoms with Crippen molar-refractivity contribution in [1.29, 1.82) is 0 Å². The molecule has 6 N–H and O–H groups in total. The van der Waals surface area contributed by atoms with Crippen LogP contribution >= 0.6 is 0 Å². The summed E-state index contributed by atoms with van der Waals surface area (Å²) in [6.45, 7) is 8.17. The Morgan fingerprint density at radius 2 is 1.48 bits per heavy atom. The minimum absolute atomic E-state index is 0.0590. The molecule has 1 saturated carbocycles. The molecule has 0 aromatic heterocycles. The smallest absolute Gasteiger partial charge is 0.405 e. The molecule has 1 aliphatic rings. The van der Waals surface area contributed by atoms with Crippen LogP contribution in [-0.4, -0.2) is 18.7 Å². The molecule has 3 rings (SSSR count). The highest BCUT2D eigenvalue weighted by molar-refractivity contribution is 5.97. The summed E-state index contributed by atoms with van der Waals surface area (Å²) in [6, 6.07) is 9.97. The van der Waals surface area contributed by atoms with Crippen LogP contribution in [0, 0.1) is 5.92 Å². The second-order valence-corrected chi connectivity index (χ2v) is 11.9. The average Bonchev–Trinajstić information content (AvgIpc) is 3.07. The summed E-state index contributed by atoms with van der Waals surface area (Å²) < 4.78 is 76.4. The zero-order chi connectivity index (χ0) is 37.3. The zero-order valence-corrected chi connectivity index (χ0v) is 28.7. The first-order valence-electron chi connectivity index (χ1n) is 16.3. The molecule has 50 heavy (non-hydrogen) atoms. The van der Waals surface area contributed by atoms with Gasteiger partial charge in [-0.3, -0.25) is 9.79 Å². The molecule has 1 aliphatic carbocycles. The minimum Gasteiger partial charge on any atom is -0.405 e. The van der Waals surface area contributed by atoms with Crippen LogP contribution in [0.4, 0.5) is 26.3 Å². The number of allylic oxidation sites excluding steroid dienone is 6. The molecule has 0 atom stereocenters. The summed E-state index contributed by atoms with van der Waals surface area (Å²) in [5.74, 6) is 0.0589. The van der Waals surface area contributed by atoms with Crippen LogP contribution in [0.3, 0.4) is 0 Å². The van der Waals surface area contributed by atoms with Gasteiger partial charge in [0.05, 0.1) is 17.5 Å². The topological polar surface area (TPSA) is 106 Å². The molecule has 0 bridgehead atoms. The number of hydrogen-bond donors (Lipinski definition) is 4. The second kappa shape index (κ2) is 20.1. The molecule has 2 aromatic rings. The maximum atomic E-state index is 13.0. The molecule has 1 fully saturated rings. The van der Waals surface area contributed by atoms with Crippen LogP contribution in [0.15, 0.2) is 113 Å². The molecule has 12 heteroatoms. The number of halogens is 6. The molecule has 1 amide bonds. The van der Waals surface area contributed by atoms with E-state index in [1.165, 1.54) is 74.7 Å². The van der Waals surface area contributed by atoms with Gasteiger partial charge in [-0.25, -0.2) is 0 Å². The molecule has 0 radical (unpaired) electrons. The van der Waals surface area contributed by atoms with Crippen molar-refractivity contribution < 1.29 is 31.1 Å². The summed E-state index contributed by atoms with van der Waals surface area (Å²) >= 11 is 0. The van der Waals surface area contributed by atoms with E-state index < -0.39 is 29.4 Å².